The molecule has 0 fully saturated rings. The fraction of sp³-hybridized carbons (Fsp3) is 1.00. The third-order valence-electron chi connectivity index (χ3n) is 2.31. The maximum absolute atomic E-state index is 5.47. The maximum Gasteiger partial charge on any atom is 0.0218 e. The molecule has 0 rings (SSSR count). The Morgan fingerprint density at radius 3 is 2.54 bits per heavy atom. The van der Waals surface area contributed by atoms with Crippen molar-refractivity contribution in [2.24, 2.45) is 5.84 Å². The summed E-state index contributed by atoms with van der Waals surface area (Å²) in [6.07, 6.45) is 9.92. The zero-order valence-corrected chi connectivity index (χ0v) is 9.83. The number of unbranched alkanes of at least 4 members (excludes halogenated alkanes) is 3. The fourth-order valence-electron chi connectivity index (χ4n) is 1.39. The normalized spacial score (nSPS) is 13.2. The quantitative estimate of drug-likeness (QED) is 0.344. The number of nitrogens with one attached hydrogen (secondary N) is 1. The fourth-order valence-corrected chi connectivity index (χ4v) is 1.91. The first-order valence-electron chi connectivity index (χ1n) is 5.30. The van der Waals surface area contributed by atoms with E-state index in [1.54, 1.807) is 0 Å². The van der Waals surface area contributed by atoms with Crippen LogP contribution in [0.2, 0.25) is 0 Å². The zero-order chi connectivity index (χ0) is 9.94. The van der Waals surface area contributed by atoms with Gasteiger partial charge in [0.2, 0.25) is 0 Å². The highest BCUT2D eigenvalue weighted by Gasteiger charge is 2.04. The van der Waals surface area contributed by atoms with Crippen molar-refractivity contribution in [2.45, 2.75) is 51.5 Å². The second kappa shape index (κ2) is 10.4. The Morgan fingerprint density at radius 1 is 1.23 bits per heavy atom. The number of rotatable bonds is 9. The van der Waals surface area contributed by atoms with Crippen molar-refractivity contribution in [2.75, 3.05) is 12.0 Å². The summed E-state index contributed by atoms with van der Waals surface area (Å²) >= 11 is 1.89. The smallest absolute Gasteiger partial charge is 0.0218 e. The Hall–Kier alpha value is 0.270. The van der Waals surface area contributed by atoms with E-state index in [1.165, 1.54) is 44.3 Å². The number of hydrazine groups is 1. The molecule has 1 unspecified atom stereocenters. The van der Waals surface area contributed by atoms with E-state index in [2.05, 4.69) is 18.6 Å². The molecule has 0 aliphatic carbocycles. The van der Waals surface area contributed by atoms with E-state index in [0.717, 1.165) is 0 Å². The Morgan fingerprint density at radius 2 is 2.00 bits per heavy atom. The van der Waals surface area contributed by atoms with Gasteiger partial charge in [-0.1, -0.05) is 32.6 Å². The predicted octanol–water partition coefficient (Wildman–Crippen LogP) is 2.54. The van der Waals surface area contributed by atoms with Gasteiger partial charge in [0, 0.05) is 6.04 Å². The molecule has 1 atom stereocenters. The number of thioether (sulfide) groups is 1. The van der Waals surface area contributed by atoms with E-state index < -0.39 is 0 Å². The summed E-state index contributed by atoms with van der Waals surface area (Å²) in [4.78, 5) is 0. The Kier molecular flexibility index (Phi) is 10.6. The lowest BCUT2D eigenvalue weighted by Crippen LogP contribution is -2.35. The summed E-state index contributed by atoms with van der Waals surface area (Å²) in [6, 6.07) is 0.532. The number of nitrogens with two attached hydrogens (primary N) is 1. The van der Waals surface area contributed by atoms with E-state index in [4.69, 9.17) is 5.84 Å². The van der Waals surface area contributed by atoms with Crippen LogP contribution in [0.3, 0.4) is 0 Å². The van der Waals surface area contributed by atoms with Crippen molar-refractivity contribution in [3.8, 4) is 0 Å². The lowest BCUT2D eigenvalue weighted by Gasteiger charge is -2.14. The second-order valence-corrected chi connectivity index (χ2v) is 4.48. The number of hydrogen-bond acceptors (Lipinski definition) is 3. The molecule has 80 valence electrons. The first-order chi connectivity index (χ1) is 6.35. The average molecular weight is 204 g/mol. The third kappa shape index (κ3) is 8.60. The minimum Gasteiger partial charge on any atom is -0.271 e. The highest BCUT2D eigenvalue weighted by atomic mass is 32.2. The summed E-state index contributed by atoms with van der Waals surface area (Å²) in [5.74, 6) is 6.68. The van der Waals surface area contributed by atoms with E-state index in [-0.39, 0.29) is 0 Å². The van der Waals surface area contributed by atoms with Crippen LogP contribution in [-0.4, -0.2) is 18.1 Å². The van der Waals surface area contributed by atoms with Crippen LogP contribution in [0.4, 0.5) is 0 Å². The molecule has 2 nitrogen and oxygen atoms in total. The SMILES string of the molecule is CCCCCCC(CCSC)NN. The molecule has 3 N–H and O–H groups in total. The standard InChI is InChI=1S/C10H24N2S/c1-3-4-5-6-7-10(12-11)8-9-13-2/h10,12H,3-9,11H2,1-2H3. The molecule has 0 aliphatic rings. The minimum atomic E-state index is 0.532. The van der Waals surface area contributed by atoms with Crippen LogP contribution in [-0.2, 0) is 0 Å². The van der Waals surface area contributed by atoms with Gasteiger partial charge in [-0.05, 0) is 24.9 Å². The number of hydrogen-bond donors (Lipinski definition) is 2. The van der Waals surface area contributed by atoms with Crippen molar-refractivity contribution < 1.29 is 0 Å². The van der Waals surface area contributed by atoms with Gasteiger partial charge >= 0.3 is 0 Å². The highest BCUT2D eigenvalue weighted by Crippen LogP contribution is 2.09. The maximum atomic E-state index is 5.47. The third-order valence-corrected chi connectivity index (χ3v) is 2.96. The molecule has 0 spiro atoms. The Balaban J connectivity index is 3.25. The molecule has 0 aromatic heterocycles. The van der Waals surface area contributed by atoms with E-state index in [0.29, 0.717) is 6.04 Å². The van der Waals surface area contributed by atoms with E-state index in [9.17, 15) is 0 Å². The first kappa shape index (κ1) is 13.3. The molecule has 0 amide bonds. The van der Waals surface area contributed by atoms with Gasteiger partial charge in [-0.3, -0.25) is 11.3 Å². The topological polar surface area (TPSA) is 38.0 Å². The van der Waals surface area contributed by atoms with Crippen LogP contribution in [0.25, 0.3) is 0 Å². The van der Waals surface area contributed by atoms with Gasteiger partial charge in [-0.2, -0.15) is 11.8 Å². The van der Waals surface area contributed by atoms with Crippen molar-refractivity contribution in [3.63, 3.8) is 0 Å². The van der Waals surface area contributed by atoms with Crippen molar-refractivity contribution in [3.05, 3.63) is 0 Å². The summed E-state index contributed by atoms with van der Waals surface area (Å²) < 4.78 is 0. The molecular weight excluding hydrogens is 180 g/mol. The van der Waals surface area contributed by atoms with Crippen molar-refractivity contribution in [1.82, 2.24) is 5.43 Å². The van der Waals surface area contributed by atoms with Crippen LogP contribution in [0.5, 0.6) is 0 Å². The molecular formula is C10H24N2S. The predicted molar refractivity (Wildman–Crippen MR) is 62.9 cm³/mol. The monoisotopic (exact) mass is 204 g/mol. The Bertz CT molecular complexity index is 98.9. The molecule has 0 aromatic rings. The molecule has 0 bridgehead atoms. The minimum absolute atomic E-state index is 0.532. The summed E-state index contributed by atoms with van der Waals surface area (Å²) in [5, 5.41) is 0. The molecule has 0 saturated carbocycles. The van der Waals surface area contributed by atoms with Gasteiger partial charge in [-0.15, -0.1) is 0 Å². The van der Waals surface area contributed by atoms with Crippen LogP contribution in [0.15, 0.2) is 0 Å². The van der Waals surface area contributed by atoms with Gasteiger partial charge in [-0.25, -0.2) is 0 Å². The lowest BCUT2D eigenvalue weighted by atomic mass is 10.1. The van der Waals surface area contributed by atoms with Crippen molar-refractivity contribution >= 4 is 11.8 Å². The Labute approximate surface area is 87.0 Å². The summed E-state index contributed by atoms with van der Waals surface area (Å²) in [5.41, 5.74) is 2.90. The van der Waals surface area contributed by atoms with Crippen LogP contribution >= 0.6 is 11.8 Å². The molecule has 0 saturated heterocycles. The molecule has 0 radical (unpaired) electrons. The first-order valence-corrected chi connectivity index (χ1v) is 6.69. The van der Waals surface area contributed by atoms with Crippen molar-refractivity contribution in [1.29, 1.82) is 0 Å². The molecule has 0 aromatic carbocycles. The zero-order valence-electron chi connectivity index (χ0n) is 9.01. The molecule has 13 heavy (non-hydrogen) atoms. The van der Waals surface area contributed by atoms with Crippen LogP contribution in [0, 0.1) is 0 Å². The lowest BCUT2D eigenvalue weighted by molar-refractivity contribution is 0.457. The van der Waals surface area contributed by atoms with Gasteiger partial charge in [0.05, 0.1) is 0 Å². The van der Waals surface area contributed by atoms with Crippen LogP contribution < -0.4 is 11.3 Å². The van der Waals surface area contributed by atoms with E-state index >= 15 is 0 Å². The summed E-state index contributed by atoms with van der Waals surface area (Å²) in [6.45, 7) is 2.24. The molecule has 0 aliphatic heterocycles. The van der Waals surface area contributed by atoms with E-state index in [1.807, 2.05) is 11.8 Å². The second-order valence-electron chi connectivity index (χ2n) is 3.49. The highest BCUT2D eigenvalue weighted by molar-refractivity contribution is 7.98. The van der Waals surface area contributed by atoms with Gasteiger partial charge in [0.15, 0.2) is 0 Å². The molecule has 3 heteroatoms. The van der Waals surface area contributed by atoms with Crippen LogP contribution in [0.1, 0.15) is 45.4 Å². The van der Waals surface area contributed by atoms with Gasteiger partial charge < -0.3 is 0 Å². The average Bonchev–Trinajstić information content (AvgIpc) is 2.17. The largest absolute Gasteiger partial charge is 0.271 e. The van der Waals surface area contributed by atoms with Gasteiger partial charge in [0.1, 0.15) is 0 Å². The van der Waals surface area contributed by atoms with Gasteiger partial charge in [0.25, 0.3) is 0 Å². The molecule has 0 heterocycles. The summed E-state index contributed by atoms with van der Waals surface area (Å²) in [7, 11) is 0.